The number of carbonyl (C=O) groups is 3. The van der Waals surface area contributed by atoms with Gasteiger partial charge in [0.2, 0.25) is 0 Å². The van der Waals surface area contributed by atoms with Crippen LogP contribution in [0.5, 0.6) is 0 Å². The van der Waals surface area contributed by atoms with Crippen LogP contribution in [0.3, 0.4) is 0 Å². The van der Waals surface area contributed by atoms with Gasteiger partial charge >= 0.3 is 0 Å². The number of hydrogen-bond donors (Lipinski definition) is 2. The molecular formula is C38H41ClN6O5S. The van der Waals surface area contributed by atoms with E-state index in [9.17, 15) is 22.8 Å². The number of halogens is 1. The minimum absolute atomic E-state index is 0.0386. The molecule has 1 aliphatic rings. The highest BCUT2D eigenvalue weighted by Gasteiger charge is 2.30. The Kier molecular flexibility index (Phi) is 10.6. The van der Waals surface area contributed by atoms with Gasteiger partial charge in [0.05, 0.1) is 26.9 Å². The average molecular weight is 729 g/mol. The van der Waals surface area contributed by atoms with Crippen molar-refractivity contribution in [3.05, 3.63) is 112 Å². The lowest BCUT2D eigenvalue weighted by atomic mass is 9.98. The van der Waals surface area contributed by atoms with Crippen LogP contribution in [0, 0.1) is 6.92 Å². The zero-order chi connectivity index (χ0) is 36.3. The van der Waals surface area contributed by atoms with Gasteiger partial charge < -0.3 is 14.8 Å². The number of fused-ring (bicyclic) bond motifs is 2. The summed E-state index contributed by atoms with van der Waals surface area (Å²) in [6, 6.07) is 18.5. The molecule has 5 aromatic rings. The molecule has 2 aromatic heterocycles. The highest BCUT2D eigenvalue weighted by atomic mass is 35.5. The molecule has 13 heteroatoms. The molecule has 51 heavy (non-hydrogen) atoms. The largest absolute Gasteiger partial charge is 0.361 e. The standard InChI is InChI=1S/C38H41ClN6O5S/c1-4-6-19-43(20-7-5-2)38(48)35-34(39)25(3)45(41-35)33-15-12-28(23-31(33)37(47)44-21-17-26-10-8-9-11-29(26)24-44)36(46)42-51(49,50)30-13-14-32-27(22-30)16-18-40-32/h8-16,18,22-23,40H,4-7,17,19-21,24H2,1-3H3,(H,42,46). The van der Waals surface area contributed by atoms with Gasteiger partial charge in [0.1, 0.15) is 0 Å². The van der Waals surface area contributed by atoms with Crippen molar-refractivity contribution in [2.75, 3.05) is 19.6 Å². The van der Waals surface area contributed by atoms with Gasteiger partial charge in [-0.25, -0.2) is 17.8 Å². The number of aromatic amines is 1. The molecule has 0 saturated heterocycles. The first kappa shape index (κ1) is 35.9. The van der Waals surface area contributed by atoms with E-state index in [0.717, 1.165) is 42.3 Å². The molecule has 6 rings (SSSR count). The van der Waals surface area contributed by atoms with Gasteiger partial charge in [0.15, 0.2) is 5.69 Å². The molecule has 0 bridgehead atoms. The molecule has 0 saturated carbocycles. The summed E-state index contributed by atoms with van der Waals surface area (Å²) in [4.78, 5) is 48.1. The Labute approximate surface area is 302 Å². The predicted octanol–water partition coefficient (Wildman–Crippen LogP) is 6.68. The van der Waals surface area contributed by atoms with E-state index in [2.05, 4.69) is 28.7 Å². The van der Waals surface area contributed by atoms with Crippen LogP contribution in [0.2, 0.25) is 5.02 Å². The van der Waals surface area contributed by atoms with Crippen molar-refractivity contribution in [3.63, 3.8) is 0 Å². The summed E-state index contributed by atoms with van der Waals surface area (Å²) in [5, 5.41) is 5.51. The normalized spacial score (nSPS) is 12.9. The lowest BCUT2D eigenvalue weighted by molar-refractivity contribution is 0.0732. The smallest absolute Gasteiger partial charge is 0.275 e. The van der Waals surface area contributed by atoms with Crippen LogP contribution >= 0.6 is 11.6 Å². The summed E-state index contributed by atoms with van der Waals surface area (Å²) in [6.07, 6.45) is 5.87. The summed E-state index contributed by atoms with van der Waals surface area (Å²) >= 11 is 6.79. The van der Waals surface area contributed by atoms with Gasteiger partial charge in [-0.1, -0.05) is 62.6 Å². The maximum absolute atomic E-state index is 14.4. The van der Waals surface area contributed by atoms with Gasteiger partial charge in [0.25, 0.3) is 27.7 Å². The zero-order valence-electron chi connectivity index (χ0n) is 28.9. The van der Waals surface area contributed by atoms with Crippen molar-refractivity contribution in [1.82, 2.24) is 29.3 Å². The molecule has 266 valence electrons. The van der Waals surface area contributed by atoms with Crippen molar-refractivity contribution >= 4 is 50.2 Å². The summed E-state index contributed by atoms with van der Waals surface area (Å²) in [6.45, 7) is 7.79. The molecule has 0 fully saturated rings. The Balaban J connectivity index is 1.38. The highest BCUT2D eigenvalue weighted by molar-refractivity contribution is 7.90. The van der Waals surface area contributed by atoms with E-state index >= 15 is 0 Å². The number of H-pyrrole nitrogens is 1. The minimum atomic E-state index is -4.25. The first-order valence-electron chi connectivity index (χ1n) is 17.2. The number of hydrogen-bond acceptors (Lipinski definition) is 6. The van der Waals surface area contributed by atoms with Gasteiger partial charge in [0, 0.05) is 48.8 Å². The van der Waals surface area contributed by atoms with Crippen molar-refractivity contribution in [2.24, 2.45) is 0 Å². The van der Waals surface area contributed by atoms with Crippen LogP contribution < -0.4 is 4.72 Å². The predicted molar refractivity (Wildman–Crippen MR) is 197 cm³/mol. The number of nitrogens with zero attached hydrogens (tertiary/aromatic N) is 4. The van der Waals surface area contributed by atoms with E-state index in [1.54, 1.807) is 35.1 Å². The average Bonchev–Trinajstić information content (AvgIpc) is 3.73. The van der Waals surface area contributed by atoms with Gasteiger partial charge in [-0.05, 0) is 79.8 Å². The molecule has 2 N–H and O–H groups in total. The Hall–Kier alpha value is -4.94. The maximum atomic E-state index is 14.4. The number of nitrogens with one attached hydrogen (secondary N) is 2. The fourth-order valence-corrected chi connectivity index (χ4v) is 7.54. The number of aromatic nitrogens is 3. The van der Waals surface area contributed by atoms with Crippen molar-refractivity contribution in [1.29, 1.82) is 0 Å². The SMILES string of the molecule is CCCCN(CCCC)C(=O)c1nn(-c2ccc(C(=O)NS(=O)(=O)c3ccc4[nH]ccc4c3)cc2C(=O)N2CCc3ccccc3C2)c(C)c1Cl. The van der Waals surface area contributed by atoms with Crippen molar-refractivity contribution in [2.45, 2.75) is 64.3 Å². The van der Waals surface area contributed by atoms with Crippen molar-refractivity contribution < 1.29 is 22.8 Å². The molecule has 0 radical (unpaired) electrons. The molecule has 0 unspecified atom stereocenters. The second-order valence-corrected chi connectivity index (χ2v) is 14.9. The third kappa shape index (κ3) is 7.43. The second kappa shape index (κ2) is 15.1. The van der Waals surface area contributed by atoms with E-state index in [1.165, 1.54) is 35.0 Å². The molecule has 1 aliphatic heterocycles. The summed E-state index contributed by atoms with van der Waals surface area (Å²) in [5.74, 6) is -1.56. The number of unbranched alkanes of at least 4 members (excludes halogenated alkanes) is 2. The minimum Gasteiger partial charge on any atom is -0.361 e. The quantitative estimate of drug-likeness (QED) is 0.147. The second-order valence-electron chi connectivity index (χ2n) is 12.8. The number of amides is 3. The van der Waals surface area contributed by atoms with E-state index in [0.29, 0.717) is 49.4 Å². The first-order chi connectivity index (χ1) is 24.5. The fraction of sp³-hybridized carbons (Fsp3) is 0.316. The van der Waals surface area contributed by atoms with Crippen LogP contribution in [0.15, 0.2) is 77.8 Å². The number of carbonyl (C=O) groups excluding carboxylic acids is 3. The molecule has 11 nitrogen and oxygen atoms in total. The van der Waals surface area contributed by atoms with Crippen molar-refractivity contribution in [3.8, 4) is 5.69 Å². The van der Waals surface area contributed by atoms with Gasteiger partial charge in [-0.2, -0.15) is 5.10 Å². The Bertz CT molecular complexity index is 2220. The monoisotopic (exact) mass is 728 g/mol. The van der Waals surface area contributed by atoms with Gasteiger partial charge in [-0.3, -0.25) is 14.4 Å². The molecule has 0 spiro atoms. The van der Waals surface area contributed by atoms with Crippen LogP contribution in [-0.2, 0) is 23.0 Å². The van der Waals surface area contributed by atoms with E-state index in [4.69, 9.17) is 11.6 Å². The maximum Gasteiger partial charge on any atom is 0.275 e. The zero-order valence-corrected chi connectivity index (χ0v) is 30.5. The molecule has 3 heterocycles. The van der Waals surface area contributed by atoms with E-state index in [1.807, 2.05) is 24.3 Å². The first-order valence-corrected chi connectivity index (χ1v) is 19.1. The van der Waals surface area contributed by atoms with E-state index < -0.39 is 15.9 Å². The van der Waals surface area contributed by atoms with E-state index in [-0.39, 0.29) is 38.6 Å². The summed E-state index contributed by atoms with van der Waals surface area (Å²) in [7, 11) is -4.25. The van der Waals surface area contributed by atoms with Crippen LogP contribution in [0.1, 0.15) is 87.6 Å². The highest BCUT2D eigenvalue weighted by Crippen LogP contribution is 2.29. The van der Waals surface area contributed by atoms with Crippen LogP contribution in [0.4, 0.5) is 0 Å². The summed E-state index contributed by atoms with van der Waals surface area (Å²) < 4.78 is 30.2. The Morgan fingerprint density at radius 2 is 1.69 bits per heavy atom. The Morgan fingerprint density at radius 1 is 0.961 bits per heavy atom. The molecular weight excluding hydrogens is 688 g/mol. The summed E-state index contributed by atoms with van der Waals surface area (Å²) in [5.41, 5.74) is 3.85. The number of sulfonamides is 1. The molecule has 0 atom stereocenters. The molecule has 3 aromatic carbocycles. The van der Waals surface area contributed by atoms with Crippen LogP contribution in [0.25, 0.3) is 16.6 Å². The molecule has 3 amide bonds. The third-order valence-corrected chi connectivity index (χ3v) is 11.1. The third-order valence-electron chi connectivity index (χ3n) is 9.29. The lowest BCUT2D eigenvalue weighted by Gasteiger charge is -2.29. The van der Waals surface area contributed by atoms with Gasteiger partial charge in [-0.15, -0.1) is 0 Å². The lowest BCUT2D eigenvalue weighted by Crippen LogP contribution is -2.37. The Morgan fingerprint density at radius 3 is 2.41 bits per heavy atom. The fourth-order valence-electron chi connectivity index (χ4n) is 6.33. The topological polar surface area (TPSA) is 137 Å². The number of benzene rings is 3. The number of rotatable bonds is 12. The van der Waals surface area contributed by atoms with Crippen LogP contribution in [-0.4, -0.2) is 70.3 Å². The molecule has 0 aliphatic carbocycles.